The minimum atomic E-state index is 0.00838. The molecule has 20 heavy (non-hydrogen) atoms. The monoisotopic (exact) mass is 277 g/mol. The molecule has 1 aromatic rings. The van der Waals surface area contributed by atoms with Crippen molar-refractivity contribution < 1.29 is 9.53 Å². The second-order valence-corrected chi connectivity index (χ2v) is 5.13. The van der Waals surface area contributed by atoms with Gasteiger partial charge < -0.3 is 15.4 Å². The van der Waals surface area contributed by atoms with E-state index >= 15 is 0 Å². The van der Waals surface area contributed by atoms with Gasteiger partial charge in [0.15, 0.2) is 0 Å². The highest BCUT2D eigenvalue weighted by atomic mass is 16.5. The van der Waals surface area contributed by atoms with Crippen LogP contribution in [0.1, 0.15) is 12.0 Å². The summed E-state index contributed by atoms with van der Waals surface area (Å²) in [6, 6.07) is 5.77. The summed E-state index contributed by atoms with van der Waals surface area (Å²) in [7, 11) is 1.62. The summed E-state index contributed by atoms with van der Waals surface area (Å²) >= 11 is 0. The van der Waals surface area contributed by atoms with E-state index in [4.69, 9.17) is 4.74 Å². The van der Waals surface area contributed by atoms with Crippen LogP contribution in [-0.2, 0) is 4.79 Å². The second kappa shape index (κ2) is 7.26. The number of nitrogens with one attached hydrogen (secondary N) is 2. The minimum absolute atomic E-state index is 0.00838. The topological polar surface area (TPSA) is 53.6 Å². The fraction of sp³-hybridized carbons (Fsp3) is 0.533. The zero-order valence-corrected chi connectivity index (χ0v) is 12.2. The molecule has 0 spiro atoms. The van der Waals surface area contributed by atoms with Gasteiger partial charge in [0.2, 0.25) is 5.91 Å². The zero-order chi connectivity index (χ0) is 14.4. The molecule has 0 aromatic heterocycles. The molecule has 1 heterocycles. The smallest absolute Gasteiger partial charge is 0.238 e. The number of carbonyl (C=O) groups is 1. The third-order valence-electron chi connectivity index (χ3n) is 3.43. The third kappa shape index (κ3) is 4.21. The molecule has 1 aliphatic rings. The summed E-state index contributed by atoms with van der Waals surface area (Å²) < 4.78 is 5.30. The van der Waals surface area contributed by atoms with Gasteiger partial charge in [-0.3, -0.25) is 9.69 Å². The number of hydrogen-bond acceptors (Lipinski definition) is 4. The van der Waals surface area contributed by atoms with Gasteiger partial charge in [-0.1, -0.05) is 6.07 Å². The molecule has 2 rings (SSSR count). The van der Waals surface area contributed by atoms with Crippen molar-refractivity contribution in [2.24, 2.45) is 0 Å². The van der Waals surface area contributed by atoms with Crippen LogP contribution in [-0.4, -0.2) is 50.6 Å². The zero-order valence-electron chi connectivity index (χ0n) is 12.2. The van der Waals surface area contributed by atoms with Crippen molar-refractivity contribution in [3.05, 3.63) is 23.8 Å². The van der Waals surface area contributed by atoms with Crippen molar-refractivity contribution in [1.29, 1.82) is 0 Å². The summed E-state index contributed by atoms with van der Waals surface area (Å²) in [6.07, 6.45) is 1.08. The Morgan fingerprint density at radius 2 is 2.25 bits per heavy atom. The van der Waals surface area contributed by atoms with Crippen LogP contribution < -0.4 is 15.4 Å². The van der Waals surface area contributed by atoms with E-state index in [1.165, 1.54) is 0 Å². The Morgan fingerprint density at radius 3 is 3.05 bits per heavy atom. The molecule has 1 aromatic carbocycles. The maximum absolute atomic E-state index is 12.1. The molecular weight excluding hydrogens is 254 g/mol. The van der Waals surface area contributed by atoms with Gasteiger partial charge in [0.25, 0.3) is 0 Å². The van der Waals surface area contributed by atoms with Crippen LogP contribution in [0.25, 0.3) is 0 Å². The summed E-state index contributed by atoms with van der Waals surface area (Å²) in [6.45, 7) is 6.28. The Hall–Kier alpha value is -1.59. The molecular formula is C15H23N3O2. The van der Waals surface area contributed by atoms with Gasteiger partial charge in [-0.15, -0.1) is 0 Å². The second-order valence-electron chi connectivity index (χ2n) is 5.13. The van der Waals surface area contributed by atoms with Gasteiger partial charge in [0, 0.05) is 13.1 Å². The van der Waals surface area contributed by atoms with E-state index in [1.54, 1.807) is 7.11 Å². The van der Waals surface area contributed by atoms with Gasteiger partial charge in [-0.05, 0) is 44.1 Å². The average molecular weight is 277 g/mol. The number of carbonyl (C=O) groups excluding carboxylic acids is 1. The van der Waals surface area contributed by atoms with E-state index in [2.05, 4.69) is 15.5 Å². The van der Waals surface area contributed by atoms with Crippen molar-refractivity contribution in [3.8, 4) is 5.75 Å². The van der Waals surface area contributed by atoms with Gasteiger partial charge in [0.1, 0.15) is 5.75 Å². The maximum Gasteiger partial charge on any atom is 0.238 e. The summed E-state index contributed by atoms with van der Waals surface area (Å²) in [5.74, 6) is 0.713. The average Bonchev–Trinajstić information content (AvgIpc) is 2.69. The molecule has 0 radical (unpaired) electrons. The number of anilines is 1. The SMILES string of the molecule is COc1cc(C)ccc1NC(=O)CN1CCCNCC1. The van der Waals surface area contributed by atoms with Crippen LogP contribution in [0, 0.1) is 6.92 Å². The lowest BCUT2D eigenvalue weighted by Gasteiger charge is -2.19. The fourth-order valence-corrected chi connectivity index (χ4v) is 2.35. The molecule has 2 N–H and O–H groups in total. The number of aryl methyl sites for hydroxylation is 1. The van der Waals surface area contributed by atoms with Crippen LogP contribution in [0.5, 0.6) is 5.75 Å². The molecule has 1 amide bonds. The highest BCUT2D eigenvalue weighted by Crippen LogP contribution is 2.25. The van der Waals surface area contributed by atoms with E-state index in [1.807, 2.05) is 25.1 Å². The lowest BCUT2D eigenvalue weighted by molar-refractivity contribution is -0.117. The first-order chi connectivity index (χ1) is 9.69. The largest absolute Gasteiger partial charge is 0.495 e. The van der Waals surface area contributed by atoms with Crippen LogP contribution in [0.15, 0.2) is 18.2 Å². The molecule has 1 saturated heterocycles. The highest BCUT2D eigenvalue weighted by Gasteiger charge is 2.14. The van der Waals surface area contributed by atoms with Crippen LogP contribution in [0.3, 0.4) is 0 Å². The standard InChI is InChI=1S/C15H23N3O2/c1-12-4-5-13(14(10-12)20-2)17-15(19)11-18-8-3-6-16-7-9-18/h4-5,10,16H,3,6-9,11H2,1-2H3,(H,17,19). The van der Waals surface area contributed by atoms with Crippen molar-refractivity contribution in [3.63, 3.8) is 0 Å². The molecule has 5 heteroatoms. The van der Waals surface area contributed by atoms with E-state index in [0.717, 1.165) is 43.9 Å². The fourth-order valence-electron chi connectivity index (χ4n) is 2.35. The Morgan fingerprint density at radius 1 is 1.40 bits per heavy atom. The van der Waals surface area contributed by atoms with Crippen LogP contribution in [0.2, 0.25) is 0 Å². The summed E-state index contributed by atoms with van der Waals surface area (Å²) in [5.41, 5.74) is 1.84. The normalized spacial score (nSPS) is 16.5. The molecule has 1 aliphatic heterocycles. The van der Waals surface area contributed by atoms with Crippen molar-refractivity contribution >= 4 is 11.6 Å². The molecule has 0 aliphatic carbocycles. The summed E-state index contributed by atoms with van der Waals surface area (Å²) in [5, 5.41) is 6.26. The number of ether oxygens (including phenoxy) is 1. The quantitative estimate of drug-likeness (QED) is 0.869. The Kier molecular flexibility index (Phi) is 5.38. The van der Waals surface area contributed by atoms with Crippen LogP contribution in [0.4, 0.5) is 5.69 Å². The summed E-state index contributed by atoms with van der Waals surface area (Å²) in [4.78, 5) is 14.3. The lowest BCUT2D eigenvalue weighted by Crippen LogP contribution is -2.35. The van der Waals surface area contributed by atoms with Crippen molar-refractivity contribution in [2.45, 2.75) is 13.3 Å². The Labute approximate surface area is 120 Å². The van der Waals surface area contributed by atoms with Crippen molar-refractivity contribution in [2.75, 3.05) is 45.2 Å². The van der Waals surface area contributed by atoms with Gasteiger partial charge >= 0.3 is 0 Å². The van der Waals surface area contributed by atoms with Gasteiger partial charge in [-0.25, -0.2) is 0 Å². The van der Waals surface area contributed by atoms with E-state index in [-0.39, 0.29) is 5.91 Å². The molecule has 0 bridgehead atoms. The van der Waals surface area contributed by atoms with E-state index in [9.17, 15) is 4.79 Å². The predicted octanol–water partition coefficient (Wildman–Crippen LogP) is 1.24. The van der Waals surface area contributed by atoms with Crippen LogP contribution >= 0.6 is 0 Å². The molecule has 0 atom stereocenters. The number of benzene rings is 1. The Bertz CT molecular complexity index is 454. The van der Waals surface area contributed by atoms with Crippen molar-refractivity contribution in [1.82, 2.24) is 10.2 Å². The number of hydrogen-bond donors (Lipinski definition) is 2. The molecule has 0 saturated carbocycles. The minimum Gasteiger partial charge on any atom is -0.495 e. The first-order valence-corrected chi connectivity index (χ1v) is 7.06. The predicted molar refractivity (Wildman–Crippen MR) is 80.3 cm³/mol. The van der Waals surface area contributed by atoms with E-state index in [0.29, 0.717) is 12.3 Å². The lowest BCUT2D eigenvalue weighted by atomic mass is 10.2. The first kappa shape index (κ1) is 14.8. The number of rotatable bonds is 4. The molecule has 110 valence electrons. The third-order valence-corrected chi connectivity index (χ3v) is 3.43. The highest BCUT2D eigenvalue weighted by molar-refractivity contribution is 5.93. The molecule has 5 nitrogen and oxygen atoms in total. The molecule has 1 fully saturated rings. The van der Waals surface area contributed by atoms with Gasteiger partial charge in [0.05, 0.1) is 19.3 Å². The number of methoxy groups -OCH3 is 1. The number of amides is 1. The first-order valence-electron chi connectivity index (χ1n) is 7.06. The Balaban J connectivity index is 1.93. The van der Waals surface area contributed by atoms with E-state index < -0.39 is 0 Å². The maximum atomic E-state index is 12.1. The van der Waals surface area contributed by atoms with Gasteiger partial charge in [-0.2, -0.15) is 0 Å². The number of nitrogens with zero attached hydrogens (tertiary/aromatic N) is 1. The molecule has 0 unspecified atom stereocenters.